The molecule has 0 radical (unpaired) electrons. The van der Waals surface area contributed by atoms with Crippen LogP contribution in [-0.4, -0.2) is 25.9 Å². The van der Waals surface area contributed by atoms with Crippen LogP contribution in [0.5, 0.6) is 0 Å². The standard InChI is InChI=1S/C5H11NO2/c1-5-4-6-8-3-2-7-5/h5-6H,2-4H2,1H3. The highest BCUT2D eigenvalue weighted by Crippen LogP contribution is 1.91. The lowest BCUT2D eigenvalue weighted by molar-refractivity contribution is 0.0417. The largest absolute Gasteiger partial charge is 0.375 e. The second kappa shape index (κ2) is 3.02. The average Bonchev–Trinajstić information content (AvgIpc) is 1.94. The molecule has 0 aliphatic carbocycles. The van der Waals surface area contributed by atoms with Crippen molar-refractivity contribution < 1.29 is 9.57 Å². The summed E-state index contributed by atoms with van der Waals surface area (Å²) < 4.78 is 5.22. The van der Waals surface area contributed by atoms with E-state index >= 15 is 0 Å². The van der Waals surface area contributed by atoms with Gasteiger partial charge in [-0.3, -0.25) is 4.84 Å². The third-order valence-electron chi connectivity index (χ3n) is 1.06. The van der Waals surface area contributed by atoms with Crippen molar-refractivity contribution in [1.29, 1.82) is 0 Å². The first-order valence-corrected chi connectivity index (χ1v) is 2.86. The molecule has 1 rings (SSSR count). The molecular formula is C5H11NO2. The molecule has 0 aromatic carbocycles. The van der Waals surface area contributed by atoms with Crippen LogP contribution in [0.4, 0.5) is 0 Å². The van der Waals surface area contributed by atoms with Crippen LogP contribution < -0.4 is 5.48 Å². The fourth-order valence-electron chi connectivity index (χ4n) is 0.598. The van der Waals surface area contributed by atoms with E-state index in [9.17, 15) is 0 Å². The first-order chi connectivity index (χ1) is 3.89. The highest BCUT2D eigenvalue weighted by Gasteiger charge is 2.04. The van der Waals surface area contributed by atoms with E-state index in [4.69, 9.17) is 9.57 Å². The maximum absolute atomic E-state index is 5.22. The van der Waals surface area contributed by atoms with Crippen LogP contribution in [0.2, 0.25) is 0 Å². The van der Waals surface area contributed by atoms with Crippen LogP contribution in [0.15, 0.2) is 0 Å². The maximum atomic E-state index is 5.22. The van der Waals surface area contributed by atoms with Gasteiger partial charge in [-0.05, 0) is 6.92 Å². The van der Waals surface area contributed by atoms with Crippen LogP contribution in [0.25, 0.3) is 0 Å². The molecule has 1 saturated heterocycles. The number of hydrogen-bond donors (Lipinski definition) is 1. The summed E-state index contributed by atoms with van der Waals surface area (Å²) in [6, 6.07) is 0. The Labute approximate surface area is 48.9 Å². The average molecular weight is 117 g/mol. The predicted molar refractivity (Wildman–Crippen MR) is 29.4 cm³/mol. The molecule has 0 spiro atoms. The normalized spacial score (nSPS) is 31.9. The zero-order valence-corrected chi connectivity index (χ0v) is 5.02. The minimum atomic E-state index is 0.289. The quantitative estimate of drug-likeness (QED) is 0.481. The van der Waals surface area contributed by atoms with Gasteiger partial charge in [0, 0.05) is 6.54 Å². The first kappa shape index (κ1) is 6.01. The van der Waals surface area contributed by atoms with Gasteiger partial charge in [0.25, 0.3) is 0 Å². The van der Waals surface area contributed by atoms with Crippen molar-refractivity contribution in [1.82, 2.24) is 5.48 Å². The topological polar surface area (TPSA) is 30.5 Å². The summed E-state index contributed by atoms with van der Waals surface area (Å²) in [5.74, 6) is 0. The second-order valence-corrected chi connectivity index (χ2v) is 1.88. The highest BCUT2D eigenvalue weighted by atomic mass is 16.7. The minimum Gasteiger partial charge on any atom is -0.375 e. The molecule has 0 aromatic rings. The molecule has 8 heavy (non-hydrogen) atoms. The third-order valence-corrected chi connectivity index (χ3v) is 1.06. The van der Waals surface area contributed by atoms with Crippen molar-refractivity contribution in [2.24, 2.45) is 0 Å². The maximum Gasteiger partial charge on any atom is 0.0916 e. The molecule has 1 aliphatic rings. The van der Waals surface area contributed by atoms with Gasteiger partial charge in [0.05, 0.1) is 19.3 Å². The molecule has 1 fully saturated rings. The molecule has 3 heteroatoms. The fourth-order valence-corrected chi connectivity index (χ4v) is 0.598. The highest BCUT2D eigenvalue weighted by molar-refractivity contribution is 4.51. The number of hydrogen-bond acceptors (Lipinski definition) is 3. The summed E-state index contributed by atoms with van der Waals surface area (Å²) in [7, 11) is 0. The molecule has 0 amide bonds. The lowest BCUT2D eigenvalue weighted by atomic mass is 10.4. The van der Waals surface area contributed by atoms with Gasteiger partial charge in [0.2, 0.25) is 0 Å². The Morgan fingerprint density at radius 2 is 2.38 bits per heavy atom. The molecule has 48 valence electrons. The van der Waals surface area contributed by atoms with Crippen LogP contribution in [0.3, 0.4) is 0 Å². The van der Waals surface area contributed by atoms with Crippen molar-refractivity contribution in [3.63, 3.8) is 0 Å². The summed E-state index contributed by atoms with van der Waals surface area (Å²) in [6.45, 7) is 4.17. The third kappa shape index (κ3) is 1.78. The zero-order chi connectivity index (χ0) is 5.82. The van der Waals surface area contributed by atoms with Crippen molar-refractivity contribution in [2.75, 3.05) is 19.8 Å². The molecule has 1 atom stereocenters. The Hall–Kier alpha value is -0.120. The van der Waals surface area contributed by atoms with Crippen LogP contribution in [0.1, 0.15) is 6.92 Å². The molecular weight excluding hydrogens is 106 g/mol. The van der Waals surface area contributed by atoms with Crippen molar-refractivity contribution in [2.45, 2.75) is 13.0 Å². The van der Waals surface area contributed by atoms with Crippen LogP contribution >= 0.6 is 0 Å². The number of rotatable bonds is 0. The molecule has 1 aliphatic heterocycles. The fraction of sp³-hybridized carbons (Fsp3) is 1.00. The summed E-state index contributed by atoms with van der Waals surface area (Å²) in [5, 5.41) is 0. The van der Waals surface area contributed by atoms with Crippen molar-refractivity contribution in [3.8, 4) is 0 Å². The molecule has 1 unspecified atom stereocenters. The van der Waals surface area contributed by atoms with E-state index in [1.165, 1.54) is 0 Å². The SMILES string of the molecule is CC1CNOCCO1. The van der Waals surface area contributed by atoms with Gasteiger partial charge in [-0.25, -0.2) is 0 Å². The Balaban J connectivity index is 2.17. The lowest BCUT2D eigenvalue weighted by Gasteiger charge is -2.04. The Bertz CT molecular complexity index is 59.4. The van der Waals surface area contributed by atoms with E-state index in [-0.39, 0.29) is 6.10 Å². The van der Waals surface area contributed by atoms with Gasteiger partial charge in [0.15, 0.2) is 0 Å². The van der Waals surface area contributed by atoms with Gasteiger partial charge in [-0.15, -0.1) is 0 Å². The van der Waals surface area contributed by atoms with E-state index in [1.54, 1.807) is 0 Å². The number of hydroxylamine groups is 1. The molecule has 1 heterocycles. The predicted octanol–water partition coefficient (Wildman–Crippen LogP) is -0.0737. The second-order valence-electron chi connectivity index (χ2n) is 1.88. The van der Waals surface area contributed by atoms with Gasteiger partial charge < -0.3 is 4.74 Å². The summed E-state index contributed by atoms with van der Waals surface area (Å²) in [6.07, 6.45) is 0.289. The van der Waals surface area contributed by atoms with E-state index in [1.807, 2.05) is 6.92 Å². The van der Waals surface area contributed by atoms with E-state index < -0.39 is 0 Å². The van der Waals surface area contributed by atoms with Gasteiger partial charge >= 0.3 is 0 Å². The Morgan fingerprint density at radius 3 is 3.25 bits per heavy atom. The monoisotopic (exact) mass is 117 g/mol. The number of nitrogens with one attached hydrogen (secondary N) is 1. The molecule has 3 nitrogen and oxygen atoms in total. The van der Waals surface area contributed by atoms with Gasteiger partial charge in [-0.1, -0.05) is 0 Å². The molecule has 0 bridgehead atoms. The summed E-state index contributed by atoms with van der Waals surface area (Å²) in [4.78, 5) is 4.89. The van der Waals surface area contributed by atoms with Crippen LogP contribution in [0, 0.1) is 0 Å². The minimum absolute atomic E-state index is 0.289. The van der Waals surface area contributed by atoms with E-state index in [0.717, 1.165) is 6.54 Å². The Kier molecular flexibility index (Phi) is 2.27. The van der Waals surface area contributed by atoms with E-state index in [2.05, 4.69) is 5.48 Å². The lowest BCUT2D eigenvalue weighted by Crippen LogP contribution is -2.22. The molecule has 1 N–H and O–H groups in total. The zero-order valence-electron chi connectivity index (χ0n) is 5.02. The smallest absolute Gasteiger partial charge is 0.0916 e. The van der Waals surface area contributed by atoms with Gasteiger partial charge in [-0.2, -0.15) is 5.48 Å². The number of ether oxygens (including phenoxy) is 1. The summed E-state index contributed by atoms with van der Waals surface area (Å²) in [5.41, 5.74) is 2.77. The summed E-state index contributed by atoms with van der Waals surface area (Å²) >= 11 is 0. The van der Waals surface area contributed by atoms with E-state index in [0.29, 0.717) is 13.2 Å². The van der Waals surface area contributed by atoms with Gasteiger partial charge in [0.1, 0.15) is 0 Å². The van der Waals surface area contributed by atoms with Crippen LogP contribution in [-0.2, 0) is 9.57 Å². The Morgan fingerprint density at radius 1 is 1.50 bits per heavy atom. The first-order valence-electron chi connectivity index (χ1n) is 2.86. The van der Waals surface area contributed by atoms with Crippen molar-refractivity contribution >= 4 is 0 Å². The molecule has 0 aromatic heterocycles. The van der Waals surface area contributed by atoms with Crippen molar-refractivity contribution in [3.05, 3.63) is 0 Å². The molecule has 0 saturated carbocycles.